The van der Waals surface area contributed by atoms with Gasteiger partial charge in [0.05, 0.1) is 0 Å². The summed E-state index contributed by atoms with van der Waals surface area (Å²) in [5, 5.41) is 0. The van der Waals surface area contributed by atoms with Gasteiger partial charge in [-0.3, -0.25) is 4.79 Å². The van der Waals surface area contributed by atoms with E-state index in [0.717, 1.165) is 25.7 Å². The second kappa shape index (κ2) is 5.46. The molecule has 0 aromatic rings. The van der Waals surface area contributed by atoms with Crippen molar-refractivity contribution in [1.29, 1.82) is 0 Å². The smallest absolute Gasteiger partial charge is 0.155 e. The third-order valence-electron chi connectivity index (χ3n) is 6.78. The summed E-state index contributed by atoms with van der Waals surface area (Å²) in [6.07, 6.45) is 16.5. The molecule has 4 aliphatic rings. The quantitative estimate of drug-likeness (QED) is 0.537. The van der Waals surface area contributed by atoms with Gasteiger partial charge in [0.25, 0.3) is 0 Å². The van der Waals surface area contributed by atoms with Crippen molar-refractivity contribution < 1.29 is 9.59 Å². The highest BCUT2D eigenvalue weighted by Crippen LogP contribution is 2.61. The molecule has 4 aliphatic carbocycles. The minimum Gasteiger partial charge on any atom is -0.295 e. The fourth-order valence-electron chi connectivity index (χ4n) is 5.88. The Morgan fingerprint density at radius 3 is 3.00 bits per heavy atom. The maximum Gasteiger partial charge on any atom is 0.155 e. The molecule has 0 unspecified atom stereocenters. The highest BCUT2D eigenvalue weighted by Gasteiger charge is 2.52. The summed E-state index contributed by atoms with van der Waals surface area (Å²) in [5.41, 5.74) is 3.11. The van der Waals surface area contributed by atoms with Crippen LogP contribution in [0.15, 0.2) is 41.5 Å². The standard InChI is InChI=1S/C21H24O2/c1-21-10-2-5-19(21)18-8-6-14-12-16(23)7-9-17(14)20(18)15(13-21)4-3-11-22/h2-5,12,17-20H,6-10,13H2,1H3/t17-,18-,19-,20+,21-/m0/s1. The van der Waals surface area contributed by atoms with Gasteiger partial charge in [0, 0.05) is 12.5 Å². The van der Waals surface area contributed by atoms with Crippen molar-refractivity contribution in [3.05, 3.63) is 41.5 Å². The average molecular weight is 308 g/mol. The molecule has 23 heavy (non-hydrogen) atoms. The number of allylic oxidation sites excluding steroid dienone is 7. The van der Waals surface area contributed by atoms with Crippen molar-refractivity contribution in [1.82, 2.24) is 0 Å². The maximum absolute atomic E-state index is 11.8. The van der Waals surface area contributed by atoms with Crippen LogP contribution < -0.4 is 0 Å². The van der Waals surface area contributed by atoms with Crippen LogP contribution >= 0.6 is 0 Å². The van der Waals surface area contributed by atoms with Gasteiger partial charge in [0.2, 0.25) is 0 Å². The first-order valence-electron chi connectivity index (χ1n) is 8.92. The van der Waals surface area contributed by atoms with Gasteiger partial charge in [-0.2, -0.15) is 0 Å². The normalized spacial score (nSPS) is 43.3. The lowest BCUT2D eigenvalue weighted by molar-refractivity contribution is -0.115. The summed E-state index contributed by atoms with van der Waals surface area (Å²) in [6, 6.07) is 0. The van der Waals surface area contributed by atoms with Crippen molar-refractivity contribution in [2.45, 2.75) is 45.4 Å². The predicted molar refractivity (Wildman–Crippen MR) is 90.3 cm³/mol. The number of carbonyl (C=O) groups excluding carboxylic acids is 2. The minimum atomic E-state index is 0.300. The molecule has 4 rings (SSSR count). The highest BCUT2D eigenvalue weighted by atomic mass is 16.1. The Morgan fingerprint density at radius 1 is 1.30 bits per heavy atom. The Kier molecular flexibility index (Phi) is 3.54. The van der Waals surface area contributed by atoms with Crippen LogP contribution in [0.2, 0.25) is 0 Å². The molecule has 0 amide bonds. The first-order chi connectivity index (χ1) is 11.1. The van der Waals surface area contributed by atoms with E-state index in [1.165, 1.54) is 17.6 Å². The Labute approximate surface area is 138 Å². The van der Waals surface area contributed by atoms with E-state index in [1.54, 1.807) is 6.08 Å². The molecule has 0 heterocycles. The zero-order valence-electron chi connectivity index (χ0n) is 13.8. The molecule has 0 N–H and O–H groups in total. The van der Waals surface area contributed by atoms with Gasteiger partial charge < -0.3 is 0 Å². The third kappa shape index (κ3) is 2.32. The van der Waals surface area contributed by atoms with Gasteiger partial charge in [-0.15, -0.1) is 0 Å². The molecular formula is C21H24O2. The lowest BCUT2D eigenvalue weighted by Gasteiger charge is -2.53. The van der Waals surface area contributed by atoms with Crippen LogP contribution in [0, 0.1) is 29.1 Å². The monoisotopic (exact) mass is 308 g/mol. The Hall–Kier alpha value is -1.66. The molecule has 0 aromatic heterocycles. The fourth-order valence-corrected chi connectivity index (χ4v) is 5.88. The fraction of sp³-hybridized carbons (Fsp3) is 0.571. The zero-order valence-corrected chi connectivity index (χ0v) is 13.8. The Bertz CT molecular complexity index is 674. The van der Waals surface area contributed by atoms with Crippen molar-refractivity contribution in [3.8, 4) is 0 Å². The predicted octanol–water partition coefficient (Wildman–Crippen LogP) is 4.22. The van der Waals surface area contributed by atoms with E-state index in [9.17, 15) is 9.59 Å². The van der Waals surface area contributed by atoms with E-state index < -0.39 is 0 Å². The van der Waals surface area contributed by atoms with E-state index >= 15 is 0 Å². The van der Waals surface area contributed by atoms with Crippen molar-refractivity contribution in [2.75, 3.05) is 0 Å². The summed E-state index contributed by atoms with van der Waals surface area (Å²) < 4.78 is 0. The summed E-state index contributed by atoms with van der Waals surface area (Å²) in [5.74, 6) is 4.56. The molecule has 0 bridgehead atoms. The number of rotatable bonds is 1. The summed E-state index contributed by atoms with van der Waals surface area (Å²) >= 11 is 0. The van der Waals surface area contributed by atoms with E-state index in [2.05, 4.69) is 19.1 Å². The van der Waals surface area contributed by atoms with Crippen molar-refractivity contribution >= 4 is 11.7 Å². The van der Waals surface area contributed by atoms with E-state index in [4.69, 9.17) is 0 Å². The molecular weight excluding hydrogens is 284 g/mol. The molecule has 0 aromatic carbocycles. The van der Waals surface area contributed by atoms with Gasteiger partial charge in [-0.25, -0.2) is 4.79 Å². The van der Waals surface area contributed by atoms with Crippen LogP contribution in [0.3, 0.4) is 0 Å². The number of fused-ring (bicyclic) bond motifs is 5. The molecule has 2 nitrogen and oxygen atoms in total. The van der Waals surface area contributed by atoms with Gasteiger partial charge in [0.15, 0.2) is 5.78 Å². The van der Waals surface area contributed by atoms with Crippen LogP contribution in [0.5, 0.6) is 0 Å². The number of ketones is 1. The first kappa shape index (κ1) is 14.9. The van der Waals surface area contributed by atoms with Crippen molar-refractivity contribution in [3.63, 3.8) is 0 Å². The Balaban J connectivity index is 1.77. The van der Waals surface area contributed by atoms with E-state index in [-0.39, 0.29) is 0 Å². The SMILES string of the molecule is C[C@@]12CC=C[C@H]1[C@@H]1CCC3=CC(=O)CC[C@@H]3[C@H]1C(=CC=C=O)C2. The molecule has 2 fully saturated rings. The van der Waals surface area contributed by atoms with Crippen LogP contribution in [0.25, 0.3) is 0 Å². The molecule has 0 spiro atoms. The third-order valence-corrected chi connectivity index (χ3v) is 6.78. The number of carbonyl (C=O) groups is 1. The van der Waals surface area contributed by atoms with Crippen LogP contribution in [-0.2, 0) is 9.59 Å². The van der Waals surface area contributed by atoms with Gasteiger partial charge in [0.1, 0.15) is 5.94 Å². The number of hydrogen-bond acceptors (Lipinski definition) is 2. The molecule has 0 radical (unpaired) electrons. The second-order valence-electron chi connectivity index (χ2n) is 8.07. The topological polar surface area (TPSA) is 34.1 Å². The minimum absolute atomic E-state index is 0.300. The maximum atomic E-state index is 11.8. The van der Waals surface area contributed by atoms with E-state index in [1.807, 2.05) is 18.1 Å². The summed E-state index contributed by atoms with van der Waals surface area (Å²) in [7, 11) is 0. The molecule has 5 atom stereocenters. The zero-order chi connectivity index (χ0) is 16.0. The molecule has 0 aliphatic heterocycles. The molecule has 120 valence electrons. The first-order valence-corrected chi connectivity index (χ1v) is 8.92. The van der Waals surface area contributed by atoms with Crippen LogP contribution in [-0.4, -0.2) is 11.7 Å². The number of hydrogen-bond donors (Lipinski definition) is 0. The van der Waals surface area contributed by atoms with E-state index in [0.29, 0.717) is 41.3 Å². The average Bonchev–Trinajstić information content (AvgIpc) is 2.93. The van der Waals surface area contributed by atoms with Crippen LogP contribution in [0.1, 0.15) is 45.4 Å². The molecule has 0 saturated heterocycles. The van der Waals surface area contributed by atoms with Gasteiger partial charge in [-0.1, -0.05) is 36.3 Å². The lowest BCUT2D eigenvalue weighted by atomic mass is 9.51. The lowest BCUT2D eigenvalue weighted by Crippen LogP contribution is -2.46. The van der Waals surface area contributed by atoms with Gasteiger partial charge >= 0.3 is 0 Å². The van der Waals surface area contributed by atoms with Crippen LogP contribution in [0.4, 0.5) is 0 Å². The molecule has 2 saturated carbocycles. The largest absolute Gasteiger partial charge is 0.295 e. The highest BCUT2D eigenvalue weighted by molar-refractivity contribution is 5.91. The summed E-state index contributed by atoms with van der Waals surface area (Å²) in [6.45, 7) is 2.40. The van der Waals surface area contributed by atoms with Crippen molar-refractivity contribution in [2.24, 2.45) is 29.1 Å². The second-order valence-corrected chi connectivity index (χ2v) is 8.07. The van der Waals surface area contributed by atoms with Gasteiger partial charge in [-0.05, 0) is 67.3 Å². The summed E-state index contributed by atoms with van der Waals surface area (Å²) in [4.78, 5) is 22.6. The molecule has 2 heteroatoms. The Morgan fingerprint density at radius 2 is 2.17 bits per heavy atom.